The number of pyridine rings is 1. The molecule has 2 aromatic rings. The summed E-state index contributed by atoms with van der Waals surface area (Å²) in [6.07, 6.45) is 3.97. The molecule has 2 heterocycles. The number of fused-ring (bicyclic) bond motifs is 1. The Morgan fingerprint density at radius 2 is 2.06 bits per heavy atom. The molecule has 1 atom stereocenters. The molecule has 4 rings (SSSR count). The molecule has 2 aliphatic rings. The highest BCUT2D eigenvalue weighted by molar-refractivity contribution is 6.00. The molecule has 1 aliphatic heterocycles. The van der Waals surface area contributed by atoms with E-state index >= 15 is 8.78 Å². The van der Waals surface area contributed by atoms with Gasteiger partial charge < -0.3 is 26.0 Å². The summed E-state index contributed by atoms with van der Waals surface area (Å²) in [4.78, 5) is 30.9. The molecule has 1 fully saturated rings. The predicted molar refractivity (Wildman–Crippen MR) is 115 cm³/mol. The molecule has 0 radical (unpaired) electrons. The van der Waals surface area contributed by atoms with Gasteiger partial charge in [-0.25, -0.2) is 13.6 Å². The van der Waals surface area contributed by atoms with Gasteiger partial charge in [-0.3, -0.25) is 15.1 Å². The molecule has 1 unspecified atom stereocenters. The van der Waals surface area contributed by atoms with Gasteiger partial charge in [0.1, 0.15) is 11.3 Å². The van der Waals surface area contributed by atoms with E-state index in [1.807, 2.05) is 6.92 Å². The number of carboxylic acids is 1. The lowest BCUT2D eigenvalue weighted by molar-refractivity contribution is 0.0602. The number of hydrogen-bond donors (Lipinski definition) is 4. The van der Waals surface area contributed by atoms with Crippen molar-refractivity contribution >= 4 is 28.2 Å². The van der Waals surface area contributed by atoms with Crippen molar-refractivity contribution in [1.82, 2.24) is 10.0 Å². The van der Waals surface area contributed by atoms with E-state index in [4.69, 9.17) is 16.3 Å². The molecule has 32 heavy (non-hydrogen) atoms. The first-order valence-electron chi connectivity index (χ1n) is 10.3. The largest absolute Gasteiger partial charge is 0.477 e. The maximum Gasteiger partial charge on any atom is 0.341 e. The lowest BCUT2D eigenvalue weighted by atomic mass is 9.89. The maximum atomic E-state index is 15.9. The van der Waals surface area contributed by atoms with E-state index in [-0.39, 0.29) is 24.6 Å². The molecule has 0 bridgehead atoms. The molecule has 1 aliphatic carbocycles. The van der Waals surface area contributed by atoms with Crippen LogP contribution in [0.2, 0.25) is 0 Å². The number of halogens is 2. The van der Waals surface area contributed by atoms with Gasteiger partial charge in [0.15, 0.2) is 11.6 Å². The van der Waals surface area contributed by atoms with Crippen LogP contribution in [0.1, 0.15) is 43.1 Å². The minimum absolute atomic E-state index is 0.137. The van der Waals surface area contributed by atoms with Crippen molar-refractivity contribution in [2.24, 2.45) is 11.1 Å². The highest BCUT2D eigenvalue weighted by atomic mass is 19.1. The van der Waals surface area contributed by atoms with Gasteiger partial charge >= 0.3 is 5.97 Å². The van der Waals surface area contributed by atoms with E-state index in [0.717, 1.165) is 6.20 Å². The lowest BCUT2D eigenvalue weighted by Gasteiger charge is -2.28. The summed E-state index contributed by atoms with van der Waals surface area (Å²) < 4.78 is 32.7. The van der Waals surface area contributed by atoms with E-state index in [1.54, 1.807) is 6.92 Å². The summed E-state index contributed by atoms with van der Waals surface area (Å²) in [6.45, 7) is 4.29. The Balaban J connectivity index is 1.98. The number of aromatic carboxylic acids is 1. The van der Waals surface area contributed by atoms with Crippen molar-refractivity contribution in [3.63, 3.8) is 0 Å². The Hall–Kier alpha value is -3.18. The van der Waals surface area contributed by atoms with Crippen LogP contribution >= 0.6 is 0 Å². The second-order valence-electron chi connectivity index (χ2n) is 8.40. The Morgan fingerprint density at radius 3 is 2.62 bits per heavy atom. The van der Waals surface area contributed by atoms with E-state index in [2.05, 4.69) is 5.48 Å². The summed E-state index contributed by atoms with van der Waals surface area (Å²) in [5, 5.41) is 8.94. The van der Waals surface area contributed by atoms with Crippen LogP contribution in [0.15, 0.2) is 22.9 Å². The summed E-state index contributed by atoms with van der Waals surface area (Å²) in [7, 11) is 0. The van der Waals surface area contributed by atoms with Crippen LogP contribution in [-0.4, -0.2) is 35.3 Å². The Bertz CT molecular complexity index is 1210. The molecular weight excluding hydrogens is 424 g/mol. The molecule has 11 heteroatoms. The fourth-order valence-electron chi connectivity index (χ4n) is 4.03. The number of rotatable bonds is 7. The van der Waals surface area contributed by atoms with E-state index in [9.17, 15) is 14.7 Å². The van der Waals surface area contributed by atoms with Gasteiger partial charge in [0, 0.05) is 36.9 Å². The zero-order valence-corrected chi connectivity index (χ0v) is 17.7. The number of carboxylic acid groups (broad SMARTS) is 1. The third kappa shape index (κ3) is 3.28. The van der Waals surface area contributed by atoms with Gasteiger partial charge in [-0.15, -0.1) is 0 Å². The SMILES string of the molecule is CCONC1=CN(c2c(F)c(N)c3c(=O)c(C(=O)O)cn(C4CC4)c3c2F)CC1(C)CN. The standard InChI is InChI=1S/C21H25F2N5O4/c1-3-32-26-12-7-27(9-21(12,2)8-24)18-14(22)16(25)13-17(15(18)23)28(10-4-5-10)6-11(19(13)29)20(30)31/h6-7,10,26H,3-5,8-9,24-25H2,1-2H3,(H,30,31). The maximum absolute atomic E-state index is 15.9. The van der Waals surface area contributed by atoms with E-state index in [1.165, 1.54) is 15.7 Å². The number of nitrogens with one attached hydrogen (secondary N) is 1. The first-order chi connectivity index (χ1) is 15.1. The number of hydroxylamine groups is 1. The Labute approximate surface area is 182 Å². The normalized spacial score (nSPS) is 20.7. The van der Waals surface area contributed by atoms with Crippen LogP contribution in [0, 0.1) is 17.0 Å². The van der Waals surface area contributed by atoms with Crippen molar-refractivity contribution < 1.29 is 23.5 Å². The molecule has 9 nitrogen and oxygen atoms in total. The number of hydrogen-bond acceptors (Lipinski definition) is 7. The number of nitrogens with two attached hydrogens (primary N) is 2. The summed E-state index contributed by atoms with van der Waals surface area (Å²) in [5.74, 6) is -3.60. The fraction of sp³-hybridized carbons (Fsp3) is 0.429. The molecule has 1 saturated carbocycles. The van der Waals surface area contributed by atoms with Gasteiger partial charge in [0.2, 0.25) is 5.43 Å². The Kier molecular flexibility index (Phi) is 5.33. The van der Waals surface area contributed by atoms with Crippen molar-refractivity contribution in [2.45, 2.75) is 32.7 Å². The van der Waals surface area contributed by atoms with Crippen LogP contribution in [0.25, 0.3) is 10.9 Å². The highest BCUT2D eigenvalue weighted by Crippen LogP contribution is 2.44. The summed E-state index contributed by atoms with van der Waals surface area (Å²) in [5.41, 5.74) is 11.7. The molecule has 1 aromatic carbocycles. The molecule has 1 aromatic heterocycles. The topological polar surface area (TPSA) is 136 Å². The van der Waals surface area contributed by atoms with Crippen molar-refractivity contribution in [1.29, 1.82) is 0 Å². The highest BCUT2D eigenvalue weighted by Gasteiger charge is 2.40. The van der Waals surface area contributed by atoms with E-state index in [0.29, 0.717) is 25.1 Å². The van der Waals surface area contributed by atoms with Gasteiger partial charge in [0.25, 0.3) is 0 Å². The number of nitrogen functional groups attached to an aromatic ring is 1. The molecular formula is C21H25F2N5O4. The zero-order chi connectivity index (χ0) is 23.4. The van der Waals surface area contributed by atoms with Crippen molar-refractivity contribution in [2.75, 3.05) is 30.3 Å². The molecule has 6 N–H and O–H groups in total. The van der Waals surface area contributed by atoms with Gasteiger partial charge in [-0.2, -0.15) is 0 Å². The minimum atomic E-state index is -1.48. The number of anilines is 2. The zero-order valence-electron chi connectivity index (χ0n) is 17.7. The predicted octanol–water partition coefficient (Wildman–Crippen LogP) is 2.06. The molecule has 0 saturated heterocycles. The van der Waals surface area contributed by atoms with Crippen LogP contribution in [0.3, 0.4) is 0 Å². The summed E-state index contributed by atoms with van der Waals surface area (Å²) >= 11 is 0. The smallest absolute Gasteiger partial charge is 0.341 e. The molecule has 172 valence electrons. The average Bonchev–Trinajstić information content (AvgIpc) is 3.54. The summed E-state index contributed by atoms with van der Waals surface area (Å²) in [6, 6.07) is -0.193. The monoisotopic (exact) mass is 449 g/mol. The quantitative estimate of drug-likeness (QED) is 0.373. The van der Waals surface area contributed by atoms with Gasteiger partial charge in [-0.1, -0.05) is 6.92 Å². The van der Waals surface area contributed by atoms with Crippen LogP contribution < -0.4 is 27.3 Å². The van der Waals surface area contributed by atoms with Crippen LogP contribution in [0.5, 0.6) is 0 Å². The lowest BCUT2D eigenvalue weighted by Crippen LogP contribution is -2.38. The second kappa shape index (κ2) is 7.75. The van der Waals surface area contributed by atoms with Crippen molar-refractivity contribution in [3.05, 3.63) is 45.5 Å². The number of nitrogens with zero attached hydrogens (tertiary/aromatic N) is 2. The van der Waals surface area contributed by atoms with Crippen LogP contribution in [-0.2, 0) is 4.84 Å². The first-order valence-corrected chi connectivity index (χ1v) is 10.3. The van der Waals surface area contributed by atoms with Gasteiger partial charge in [0.05, 0.1) is 28.9 Å². The molecule has 0 amide bonds. The van der Waals surface area contributed by atoms with Crippen LogP contribution in [0.4, 0.5) is 20.2 Å². The first kappa shape index (κ1) is 22.0. The molecule has 0 spiro atoms. The third-order valence-corrected chi connectivity index (χ3v) is 6.05. The van der Waals surface area contributed by atoms with Crippen molar-refractivity contribution in [3.8, 4) is 0 Å². The number of carbonyl (C=O) groups is 1. The second-order valence-corrected chi connectivity index (χ2v) is 8.40. The van der Waals surface area contributed by atoms with Gasteiger partial charge in [-0.05, 0) is 19.8 Å². The third-order valence-electron chi connectivity index (χ3n) is 6.05. The minimum Gasteiger partial charge on any atom is -0.477 e. The number of aromatic nitrogens is 1. The van der Waals surface area contributed by atoms with E-state index < -0.39 is 50.8 Å². The number of benzene rings is 1. The average molecular weight is 449 g/mol. The fourth-order valence-corrected chi connectivity index (χ4v) is 4.03. The Morgan fingerprint density at radius 1 is 1.38 bits per heavy atom.